The van der Waals surface area contributed by atoms with Gasteiger partial charge in [0.05, 0.1) is 0 Å². The first kappa shape index (κ1) is 73.3. The van der Waals surface area contributed by atoms with Crippen LogP contribution >= 0.6 is 0 Å². The van der Waals surface area contributed by atoms with Crippen molar-refractivity contribution in [2.24, 2.45) is 0 Å². The van der Waals surface area contributed by atoms with Crippen LogP contribution in [-0.2, 0) is 28.6 Å². The fourth-order valence-electron chi connectivity index (χ4n) is 9.21. The monoisotopic (exact) mass is 1070 g/mol. The summed E-state index contributed by atoms with van der Waals surface area (Å²) in [6.07, 6.45) is 87.3. The van der Waals surface area contributed by atoms with Gasteiger partial charge >= 0.3 is 17.9 Å². The molecule has 0 amide bonds. The van der Waals surface area contributed by atoms with Gasteiger partial charge in [-0.05, 0) is 116 Å². The smallest absolute Gasteiger partial charge is 0.306 e. The molecule has 0 aromatic carbocycles. The van der Waals surface area contributed by atoms with Crippen molar-refractivity contribution in [3.8, 4) is 0 Å². The number of esters is 3. The van der Waals surface area contributed by atoms with Crippen molar-refractivity contribution in [1.82, 2.24) is 0 Å². The second-order valence-electron chi connectivity index (χ2n) is 21.6. The molecule has 1 atom stereocenters. The molecule has 1 unspecified atom stereocenters. The van der Waals surface area contributed by atoms with Gasteiger partial charge in [0.15, 0.2) is 6.10 Å². The number of carbonyl (C=O) groups is 3. The molecule has 0 bridgehead atoms. The first-order valence-corrected chi connectivity index (χ1v) is 32.7. The van der Waals surface area contributed by atoms with Crippen LogP contribution in [0.25, 0.3) is 0 Å². The van der Waals surface area contributed by atoms with Crippen molar-refractivity contribution in [2.75, 3.05) is 13.2 Å². The molecule has 0 spiro atoms. The van der Waals surface area contributed by atoms with Gasteiger partial charge in [0, 0.05) is 19.3 Å². The number of carbonyl (C=O) groups excluding carboxylic acids is 3. The third kappa shape index (κ3) is 63.0. The molecule has 0 fully saturated rings. The molecule has 0 saturated heterocycles. The number of allylic oxidation sites excluding steroid dienone is 16. The van der Waals surface area contributed by atoms with E-state index in [0.29, 0.717) is 19.3 Å². The van der Waals surface area contributed by atoms with Gasteiger partial charge in [0.1, 0.15) is 13.2 Å². The lowest BCUT2D eigenvalue weighted by atomic mass is 10.0. The Hall–Kier alpha value is -3.67. The van der Waals surface area contributed by atoms with Crippen molar-refractivity contribution in [3.63, 3.8) is 0 Å². The van der Waals surface area contributed by atoms with Crippen molar-refractivity contribution < 1.29 is 28.6 Å². The van der Waals surface area contributed by atoms with Crippen molar-refractivity contribution in [1.29, 1.82) is 0 Å². The highest BCUT2D eigenvalue weighted by Crippen LogP contribution is 2.17. The quantitative estimate of drug-likeness (QED) is 0.0261. The Kier molecular flexibility index (Phi) is 61.8. The Labute approximate surface area is 477 Å². The first-order chi connectivity index (χ1) is 38.0. The zero-order valence-corrected chi connectivity index (χ0v) is 50.7. The molecule has 6 nitrogen and oxygen atoms in total. The molecule has 0 aromatic rings. The van der Waals surface area contributed by atoms with E-state index in [0.717, 1.165) is 116 Å². The molecule has 0 radical (unpaired) electrons. The number of hydrogen-bond acceptors (Lipinski definition) is 6. The Morgan fingerprint density at radius 2 is 0.506 bits per heavy atom. The largest absolute Gasteiger partial charge is 0.462 e. The second-order valence-corrected chi connectivity index (χ2v) is 21.6. The molecule has 0 aromatic heterocycles. The first-order valence-electron chi connectivity index (χ1n) is 32.7. The average molecular weight is 1070 g/mol. The highest BCUT2D eigenvalue weighted by molar-refractivity contribution is 5.71. The molecule has 0 aliphatic carbocycles. The van der Waals surface area contributed by atoms with Gasteiger partial charge in [-0.3, -0.25) is 14.4 Å². The molecule has 0 aliphatic heterocycles. The van der Waals surface area contributed by atoms with Gasteiger partial charge in [-0.2, -0.15) is 0 Å². The third-order valence-electron chi connectivity index (χ3n) is 14.1. The van der Waals surface area contributed by atoms with E-state index >= 15 is 0 Å². The standard InChI is InChI=1S/C71H122O6/c1-4-7-10-13-16-19-22-25-28-29-30-31-32-33-34-35-36-37-38-39-40-41-44-46-49-52-55-58-61-64-70(73)76-67-68(77-71(74)65-62-59-56-53-50-47-43-27-24-21-18-15-12-9-6-3)66-75-69(72)63-60-57-54-51-48-45-42-26-23-20-17-14-11-8-5-2/h8-9,11-12,17-18,20-21,26-27,29-30,42-43,50,53,68H,4-7,10,13-16,19,22-25,28,31-41,44-49,51-52,54-67H2,1-3H3/b11-8-,12-9-,20-17-,21-18-,30-29-,42-26-,43-27-,53-50-. The maximum atomic E-state index is 12.9. The third-order valence-corrected chi connectivity index (χ3v) is 14.1. The predicted molar refractivity (Wildman–Crippen MR) is 334 cm³/mol. The fraction of sp³-hybridized carbons (Fsp3) is 0.732. The van der Waals surface area contributed by atoms with Gasteiger partial charge in [-0.15, -0.1) is 0 Å². The van der Waals surface area contributed by atoms with E-state index in [4.69, 9.17) is 14.2 Å². The van der Waals surface area contributed by atoms with Crippen LogP contribution in [0.5, 0.6) is 0 Å². The Bertz CT molecular complexity index is 1510. The van der Waals surface area contributed by atoms with Crippen molar-refractivity contribution in [2.45, 2.75) is 322 Å². The number of unbranched alkanes of at least 4 members (excludes halogenated alkanes) is 32. The summed E-state index contributed by atoms with van der Waals surface area (Å²) in [4.78, 5) is 38.3. The van der Waals surface area contributed by atoms with Crippen LogP contribution in [0.4, 0.5) is 0 Å². The molecular formula is C71H122O6. The van der Waals surface area contributed by atoms with Crippen molar-refractivity contribution in [3.05, 3.63) is 97.2 Å². The summed E-state index contributed by atoms with van der Waals surface area (Å²) in [6, 6.07) is 0. The molecule has 0 aliphatic rings. The maximum absolute atomic E-state index is 12.9. The van der Waals surface area contributed by atoms with E-state index < -0.39 is 6.10 Å². The van der Waals surface area contributed by atoms with Gasteiger partial charge < -0.3 is 14.2 Å². The fourth-order valence-corrected chi connectivity index (χ4v) is 9.21. The molecule has 0 heterocycles. The van der Waals surface area contributed by atoms with Crippen LogP contribution in [0, 0.1) is 0 Å². The normalized spacial score (nSPS) is 12.7. The molecule has 0 rings (SSSR count). The minimum atomic E-state index is -0.807. The highest BCUT2D eigenvalue weighted by atomic mass is 16.6. The van der Waals surface area contributed by atoms with Gasteiger partial charge in [-0.25, -0.2) is 0 Å². The molecule has 442 valence electrons. The Morgan fingerprint density at radius 1 is 0.273 bits per heavy atom. The SMILES string of the molecule is CC/C=C\C/C=C\C/C=C\C/C=C\CCCCC(=O)OC(COC(=O)CCCCCCC/C=C\C/C=C\C/C=C\CC)COC(=O)CCCCCCCCCCCCCCCCCCC/C=C\CCCCCCCCCC. The molecule has 0 saturated carbocycles. The molecule has 0 N–H and O–H groups in total. The minimum absolute atomic E-state index is 0.0986. The topological polar surface area (TPSA) is 78.9 Å². The lowest BCUT2D eigenvalue weighted by molar-refractivity contribution is -0.167. The lowest BCUT2D eigenvalue weighted by Crippen LogP contribution is -2.30. The van der Waals surface area contributed by atoms with Crippen molar-refractivity contribution >= 4 is 17.9 Å². The highest BCUT2D eigenvalue weighted by Gasteiger charge is 2.19. The van der Waals surface area contributed by atoms with E-state index in [2.05, 4.69) is 118 Å². The van der Waals surface area contributed by atoms with Crippen LogP contribution in [0.1, 0.15) is 316 Å². The average Bonchev–Trinajstić information content (AvgIpc) is 3.43. The summed E-state index contributed by atoms with van der Waals surface area (Å²) in [5, 5.41) is 0. The summed E-state index contributed by atoms with van der Waals surface area (Å²) in [7, 11) is 0. The van der Waals surface area contributed by atoms with Gasteiger partial charge in [0.25, 0.3) is 0 Å². The molecular weight excluding hydrogens is 949 g/mol. The predicted octanol–water partition coefficient (Wildman–Crippen LogP) is 22.4. The summed E-state index contributed by atoms with van der Waals surface area (Å²) >= 11 is 0. The minimum Gasteiger partial charge on any atom is -0.462 e. The van der Waals surface area contributed by atoms with Crippen LogP contribution in [0.15, 0.2) is 97.2 Å². The Morgan fingerprint density at radius 3 is 0.831 bits per heavy atom. The van der Waals surface area contributed by atoms with Gasteiger partial charge in [0.2, 0.25) is 0 Å². The second kappa shape index (κ2) is 64.9. The summed E-state index contributed by atoms with van der Waals surface area (Å²) in [6.45, 7) is 6.39. The number of ether oxygens (including phenoxy) is 3. The van der Waals surface area contributed by atoms with E-state index in [1.807, 2.05) is 0 Å². The summed E-state index contributed by atoms with van der Waals surface area (Å²) in [5.41, 5.74) is 0. The van der Waals surface area contributed by atoms with Crippen LogP contribution in [0.2, 0.25) is 0 Å². The number of rotatable bonds is 59. The summed E-state index contributed by atoms with van der Waals surface area (Å²) < 4.78 is 16.9. The zero-order chi connectivity index (χ0) is 55.7. The Balaban J connectivity index is 4.26. The summed E-state index contributed by atoms with van der Waals surface area (Å²) in [5.74, 6) is -0.949. The maximum Gasteiger partial charge on any atom is 0.306 e. The zero-order valence-electron chi connectivity index (χ0n) is 50.7. The van der Waals surface area contributed by atoms with Crippen LogP contribution < -0.4 is 0 Å². The molecule has 77 heavy (non-hydrogen) atoms. The van der Waals surface area contributed by atoms with E-state index in [1.54, 1.807) is 0 Å². The van der Waals surface area contributed by atoms with Crippen LogP contribution in [-0.4, -0.2) is 37.2 Å². The van der Waals surface area contributed by atoms with E-state index in [-0.39, 0.29) is 37.5 Å². The number of hydrogen-bond donors (Lipinski definition) is 0. The van der Waals surface area contributed by atoms with Gasteiger partial charge in [-0.1, -0.05) is 279 Å². The molecule has 6 heteroatoms. The van der Waals surface area contributed by atoms with Crippen LogP contribution in [0.3, 0.4) is 0 Å². The van der Waals surface area contributed by atoms with E-state index in [9.17, 15) is 14.4 Å². The van der Waals surface area contributed by atoms with E-state index in [1.165, 1.54) is 154 Å². The lowest BCUT2D eigenvalue weighted by Gasteiger charge is -2.18.